The van der Waals surface area contributed by atoms with Crippen LogP contribution >= 0.6 is 34.8 Å². The predicted octanol–water partition coefficient (Wildman–Crippen LogP) is 4.37. The molecule has 9 heteroatoms. The molecule has 0 bridgehead atoms. The maximum Gasteiger partial charge on any atom is 0.156 e. The van der Waals surface area contributed by atoms with E-state index in [2.05, 4.69) is 18.7 Å². The zero-order valence-corrected chi connectivity index (χ0v) is 21.7. The first-order chi connectivity index (χ1) is 16.2. The highest BCUT2D eigenvalue weighted by atomic mass is 35.5. The number of nitrogens with zero attached hydrogens (tertiary/aromatic N) is 1. The third-order valence-electron chi connectivity index (χ3n) is 5.91. The van der Waals surface area contributed by atoms with Gasteiger partial charge in [0.15, 0.2) is 5.75 Å². The van der Waals surface area contributed by atoms with Crippen LogP contribution in [0.5, 0.6) is 11.5 Å². The van der Waals surface area contributed by atoms with Gasteiger partial charge in [-0.1, -0.05) is 49.2 Å². The largest absolute Gasteiger partial charge is 0.491 e. The van der Waals surface area contributed by atoms with Crippen LogP contribution in [0, 0.1) is 0 Å². The van der Waals surface area contributed by atoms with E-state index in [-0.39, 0.29) is 19.1 Å². The number of ether oxygens (including phenoxy) is 3. The average Bonchev–Trinajstić information content (AvgIpc) is 2.82. The Morgan fingerprint density at radius 1 is 0.941 bits per heavy atom. The van der Waals surface area contributed by atoms with Crippen molar-refractivity contribution >= 4 is 34.8 Å². The number of hydrogen-bond donors (Lipinski definition) is 2. The van der Waals surface area contributed by atoms with Crippen molar-refractivity contribution in [1.29, 1.82) is 0 Å². The second-order valence-electron chi connectivity index (χ2n) is 8.92. The maximum absolute atomic E-state index is 10.3. The Morgan fingerprint density at radius 3 is 2.12 bits per heavy atom. The second-order valence-corrected chi connectivity index (χ2v) is 10.0. The second kappa shape index (κ2) is 12.6. The molecule has 0 aromatic heterocycles. The van der Waals surface area contributed by atoms with Gasteiger partial charge >= 0.3 is 0 Å². The van der Waals surface area contributed by atoms with Crippen molar-refractivity contribution in [2.75, 3.05) is 51.9 Å². The van der Waals surface area contributed by atoms with E-state index in [1.165, 1.54) is 0 Å². The number of rotatable bonds is 11. The van der Waals surface area contributed by atoms with Crippen LogP contribution in [0.4, 0.5) is 0 Å². The van der Waals surface area contributed by atoms with Gasteiger partial charge in [0.05, 0.1) is 29.1 Å². The Morgan fingerprint density at radius 2 is 1.53 bits per heavy atom. The van der Waals surface area contributed by atoms with E-state index in [1.54, 1.807) is 0 Å². The molecule has 2 aromatic rings. The third-order valence-corrected chi connectivity index (χ3v) is 6.83. The van der Waals surface area contributed by atoms with Crippen molar-refractivity contribution in [3.63, 3.8) is 0 Å². The average molecular weight is 533 g/mol. The molecule has 0 saturated carbocycles. The molecule has 6 nitrogen and oxygen atoms in total. The first kappa shape index (κ1) is 27.3. The van der Waals surface area contributed by atoms with Gasteiger partial charge in [-0.25, -0.2) is 0 Å². The van der Waals surface area contributed by atoms with Gasteiger partial charge in [0, 0.05) is 25.0 Å². The molecule has 1 saturated heterocycles. The summed E-state index contributed by atoms with van der Waals surface area (Å²) in [5.41, 5.74) is 1.57. The lowest BCUT2D eigenvalue weighted by Crippen LogP contribution is -2.42. The van der Waals surface area contributed by atoms with Gasteiger partial charge in [0.2, 0.25) is 0 Å². The van der Waals surface area contributed by atoms with Crippen molar-refractivity contribution in [3.05, 3.63) is 57.6 Å². The fourth-order valence-corrected chi connectivity index (χ4v) is 4.43. The monoisotopic (exact) mass is 531 g/mol. The van der Waals surface area contributed by atoms with E-state index in [1.807, 2.05) is 36.4 Å². The van der Waals surface area contributed by atoms with Crippen LogP contribution in [0.3, 0.4) is 0 Å². The molecule has 188 valence electrons. The van der Waals surface area contributed by atoms with Gasteiger partial charge in [0.1, 0.15) is 31.2 Å². The number of benzene rings is 2. The van der Waals surface area contributed by atoms with Gasteiger partial charge in [0.25, 0.3) is 0 Å². The topological polar surface area (TPSA) is 71.4 Å². The number of alkyl halides is 1. The van der Waals surface area contributed by atoms with Crippen LogP contribution in [-0.2, 0) is 10.2 Å². The van der Waals surface area contributed by atoms with Crippen LogP contribution in [0.2, 0.25) is 10.0 Å². The van der Waals surface area contributed by atoms with Gasteiger partial charge in [-0.15, -0.1) is 11.6 Å². The van der Waals surface area contributed by atoms with Gasteiger partial charge in [-0.3, -0.25) is 4.90 Å². The molecule has 1 aliphatic heterocycles. The highest BCUT2D eigenvalue weighted by molar-refractivity contribution is 6.37. The van der Waals surface area contributed by atoms with Crippen LogP contribution in [0.15, 0.2) is 36.4 Å². The van der Waals surface area contributed by atoms with E-state index in [9.17, 15) is 10.2 Å². The minimum Gasteiger partial charge on any atom is -0.491 e. The summed E-state index contributed by atoms with van der Waals surface area (Å²) < 4.78 is 16.7. The Kier molecular flexibility index (Phi) is 10.2. The Labute approximate surface area is 216 Å². The summed E-state index contributed by atoms with van der Waals surface area (Å²) in [6.07, 6.45) is -1.36. The molecule has 0 radical (unpaired) electrons. The normalized spacial score (nSPS) is 16.8. The van der Waals surface area contributed by atoms with Crippen LogP contribution in [0.25, 0.3) is 0 Å². The lowest BCUT2D eigenvalue weighted by Gasteiger charge is -2.28. The fourth-order valence-electron chi connectivity index (χ4n) is 3.74. The zero-order chi connectivity index (χ0) is 24.7. The van der Waals surface area contributed by atoms with Gasteiger partial charge < -0.3 is 24.4 Å². The summed E-state index contributed by atoms with van der Waals surface area (Å²) in [4.78, 5) is 2.18. The number of aliphatic hydroxyl groups excluding tert-OH is 2. The number of halogens is 3. The molecule has 0 spiro atoms. The van der Waals surface area contributed by atoms with E-state index in [0.717, 1.165) is 24.2 Å². The van der Waals surface area contributed by atoms with E-state index < -0.39 is 17.6 Å². The summed E-state index contributed by atoms with van der Waals surface area (Å²) in [7, 11) is 0. The van der Waals surface area contributed by atoms with Crippen molar-refractivity contribution in [1.82, 2.24) is 4.90 Å². The number of β-amino-alcohol motifs (C(OH)–C–C–N with tert-alkyl or cyclic N) is 1. The van der Waals surface area contributed by atoms with Crippen molar-refractivity contribution in [3.8, 4) is 11.5 Å². The molecule has 0 unspecified atom stereocenters. The number of morpholine rings is 1. The molecule has 0 amide bonds. The van der Waals surface area contributed by atoms with Crippen molar-refractivity contribution in [2.45, 2.75) is 31.5 Å². The SMILES string of the molecule is CC(C)(c1ccc(OC[C@H](O)CN2CCOCC2)cc1)c1cc(Cl)c(OC[C@H](O)CCl)c(Cl)c1. The first-order valence-corrected chi connectivity index (χ1v) is 12.6. The lowest BCUT2D eigenvalue weighted by molar-refractivity contribution is 0.00465. The quantitative estimate of drug-likeness (QED) is 0.419. The summed E-state index contributed by atoms with van der Waals surface area (Å²) in [5.74, 6) is 1.08. The first-order valence-electron chi connectivity index (χ1n) is 11.3. The summed E-state index contributed by atoms with van der Waals surface area (Å²) in [6, 6.07) is 11.4. The molecule has 1 heterocycles. The zero-order valence-electron chi connectivity index (χ0n) is 19.5. The molecular weight excluding hydrogens is 501 g/mol. The molecule has 34 heavy (non-hydrogen) atoms. The highest BCUT2D eigenvalue weighted by Gasteiger charge is 2.26. The lowest BCUT2D eigenvalue weighted by atomic mass is 9.78. The molecule has 2 N–H and O–H groups in total. The summed E-state index contributed by atoms with van der Waals surface area (Å²) >= 11 is 18.5. The third kappa shape index (κ3) is 7.37. The molecule has 1 aliphatic rings. The van der Waals surface area contributed by atoms with Crippen LogP contribution in [0.1, 0.15) is 25.0 Å². The molecule has 2 aromatic carbocycles. The minimum absolute atomic E-state index is 0.00822. The van der Waals surface area contributed by atoms with Crippen molar-refractivity contribution in [2.24, 2.45) is 0 Å². The van der Waals surface area contributed by atoms with Gasteiger partial charge in [-0.2, -0.15) is 0 Å². The van der Waals surface area contributed by atoms with E-state index >= 15 is 0 Å². The molecular formula is C25H32Cl3NO5. The molecule has 0 aliphatic carbocycles. The van der Waals surface area contributed by atoms with Crippen LogP contribution in [-0.4, -0.2) is 79.3 Å². The van der Waals surface area contributed by atoms with Crippen molar-refractivity contribution < 1.29 is 24.4 Å². The smallest absolute Gasteiger partial charge is 0.156 e. The predicted molar refractivity (Wildman–Crippen MR) is 136 cm³/mol. The standard InChI is InChI=1S/C25H32Cl3NO5/c1-25(2,18-11-22(27)24(23(28)12-18)34-15-19(30)13-26)17-3-5-21(6-4-17)33-16-20(31)14-29-7-9-32-10-8-29/h3-6,11-12,19-20,30-31H,7-10,13-16H2,1-2H3/t19-,20-/m1/s1. The number of hydrogen-bond acceptors (Lipinski definition) is 6. The highest BCUT2D eigenvalue weighted by Crippen LogP contribution is 2.40. The fraction of sp³-hybridized carbons (Fsp3) is 0.520. The number of aliphatic hydroxyl groups is 2. The van der Waals surface area contributed by atoms with Gasteiger partial charge in [-0.05, 0) is 35.4 Å². The summed E-state index contributed by atoms with van der Waals surface area (Å²) in [5, 5.41) is 20.6. The van der Waals surface area contributed by atoms with E-state index in [4.69, 9.17) is 49.0 Å². The van der Waals surface area contributed by atoms with Crippen LogP contribution < -0.4 is 9.47 Å². The minimum atomic E-state index is -0.800. The molecule has 2 atom stereocenters. The Balaban J connectivity index is 1.62. The Hall–Kier alpha value is -1.25. The Bertz CT molecular complexity index is 896. The molecule has 1 fully saturated rings. The molecule has 3 rings (SSSR count). The van der Waals surface area contributed by atoms with E-state index in [0.29, 0.717) is 41.3 Å². The maximum atomic E-state index is 10.3. The summed E-state index contributed by atoms with van der Waals surface area (Å²) in [6.45, 7) is 8.03.